The van der Waals surface area contributed by atoms with Gasteiger partial charge in [0.05, 0.1) is 0 Å². The van der Waals surface area contributed by atoms with E-state index in [0.29, 0.717) is 29.1 Å². The lowest BCUT2D eigenvalue weighted by Crippen LogP contribution is -2.45. The van der Waals surface area contributed by atoms with Crippen molar-refractivity contribution in [3.8, 4) is 0 Å². The summed E-state index contributed by atoms with van der Waals surface area (Å²) in [7, 11) is -3.89. The number of hydrogen-bond donors (Lipinski definition) is 1. The molecule has 4 aromatic rings. The quantitative estimate of drug-likeness (QED) is 0.337. The smallest absolute Gasteiger partial charge is 0.370 e. The Balaban J connectivity index is 1.40. The number of rotatable bonds is 6. The summed E-state index contributed by atoms with van der Waals surface area (Å²) in [5.41, 5.74) is 8.97. The third-order valence-electron chi connectivity index (χ3n) is 8.71. The van der Waals surface area contributed by atoms with E-state index in [0.717, 1.165) is 41.3 Å². The zero-order valence-corrected chi connectivity index (χ0v) is 25.1. The molecule has 2 N–H and O–H groups in total. The number of amides is 1. The van der Waals surface area contributed by atoms with Crippen LogP contribution in [0.5, 0.6) is 0 Å². The van der Waals surface area contributed by atoms with Gasteiger partial charge >= 0.3 is 6.18 Å². The van der Waals surface area contributed by atoms with Crippen molar-refractivity contribution in [2.45, 2.75) is 69.1 Å². The molecule has 2 aliphatic rings. The van der Waals surface area contributed by atoms with Gasteiger partial charge in [-0.25, -0.2) is 13.4 Å². The average Bonchev–Trinajstić information content (AvgIpc) is 3.40. The van der Waals surface area contributed by atoms with Crippen LogP contribution in [0.4, 0.5) is 19.0 Å². The molecule has 5 heterocycles. The Morgan fingerprint density at radius 1 is 1.14 bits per heavy atom. The first kappa shape index (κ1) is 30.0. The Hall–Kier alpha value is -4.04. The van der Waals surface area contributed by atoms with Gasteiger partial charge in [-0.1, -0.05) is 18.2 Å². The monoisotopic (exact) mass is 627 g/mol. The number of hydrogen-bond acceptors (Lipinski definition) is 7. The van der Waals surface area contributed by atoms with E-state index in [4.69, 9.17) is 5.73 Å². The fourth-order valence-corrected chi connectivity index (χ4v) is 8.04. The van der Waals surface area contributed by atoms with Gasteiger partial charge in [0.2, 0.25) is 21.8 Å². The molecule has 0 bridgehead atoms. The standard InChI is InChI=1S/C30H32F3N7O3S/c1-18-8-9-20(24(15-26(34)41)23-10-13-40-27(19(23)2)36-37-29(40)30(31,32)33)14-21(18)16-38-17-22-6-3-4-12-39(22)28-25(44(38,42)43)7-5-11-35-28/h5,7-11,13-14,22,24H,3-4,6,12,15-17H2,1-2H3,(H2,34,41)/t22-,24?/m0/s1. The molecule has 0 aliphatic carbocycles. The number of carbonyl (C=O) groups excluding carboxylic acids is 1. The molecule has 2 atom stereocenters. The Kier molecular flexibility index (Phi) is 7.60. The number of benzene rings is 1. The van der Waals surface area contributed by atoms with Crippen molar-refractivity contribution in [3.63, 3.8) is 0 Å². The van der Waals surface area contributed by atoms with Gasteiger partial charge in [0.15, 0.2) is 5.65 Å². The number of nitrogens with zero attached hydrogens (tertiary/aromatic N) is 6. The van der Waals surface area contributed by atoms with Gasteiger partial charge in [-0.05, 0) is 79.1 Å². The first-order valence-corrected chi connectivity index (χ1v) is 15.8. The molecule has 1 unspecified atom stereocenters. The molecule has 232 valence electrons. The summed E-state index contributed by atoms with van der Waals surface area (Å²) in [5.74, 6) is -1.86. The van der Waals surface area contributed by atoms with Crippen molar-refractivity contribution in [2.24, 2.45) is 5.73 Å². The maximum absolute atomic E-state index is 14.0. The number of fused-ring (bicyclic) bond motifs is 4. The Bertz CT molecular complexity index is 1860. The molecular weight excluding hydrogens is 595 g/mol. The number of nitrogens with two attached hydrogens (primary N) is 1. The number of aryl methyl sites for hydroxylation is 2. The highest BCUT2D eigenvalue weighted by molar-refractivity contribution is 7.89. The molecule has 0 saturated carbocycles. The average molecular weight is 628 g/mol. The van der Waals surface area contributed by atoms with Crippen molar-refractivity contribution in [2.75, 3.05) is 18.0 Å². The lowest BCUT2D eigenvalue weighted by atomic mass is 9.85. The van der Waals surface area contributed by atoms with E-state index in [1.807, 2.05) is 25.1 Å². The molecule has 0 radical (unpaired) electrons. The lowest BCUT2D eigenvalue weighted by Gasteiger charge is -2.36. The second-order valence-corrected chi connectivity index (χ2v) is 13.4. The first-order chi connectivity index (χ1) is 20.9. The number of aromatic nitrogens is 4. The summed E-state index contributed by atoms with van der Waals surface area (Å²) in [6.07, 6.45) is 0.873. The van der Waals surface area contributed by atoms with Crippen LogP contribution in [0.15, 0.2) is 53.7 Å². The lowest BCUT2D eigenvalue weighted by molar-refractivity contribution is -0.145. The molecule has 14 heteroatoms. The van der Waals surface area contributed by atoms with Crippen LogP contribution in [0.25, 0.3) is 5.65 Å². The van der Waals surface area contributed by atoms with Crippen LogP contribution in [0.2, 0.25) is 0 Å². The van der Waals surface area contributed by atoms with E-state index < -0.39 is 33.8 Å². The van der Waals surface area contributed by atoms with Crippen molar-refractivity contribution in [3.05, 3.63) is 82.4 Å². The second-order valence-electron chi connectivity index (χ2n) is 11.5. The van der Waals surface area contributed by atoms with Gasteiger partial charge in [0.1, 0.15) is 10.7 Å². The van der Waals surface area contributed by atoms with Crippen LogP contribution in [-0.4, -0.2) is 57.3 Å². The highest BCUT2D eigenvalue weighted by Gasteiger charge is 2.40. The summed E-state index contributed by atoms with van der Waals surface area (Å²) in [4.78, 5) is 19.0. The number of anilines is 1. The van der Waals surface area contributed by atoms with E-state index in [2.05, 4.69) is 20.1 Å². The summed E-state index contributed by atoms with van der Waals surface area (Å²) in [6, 6.07) is 10.3. The Morgan fingerprint density at radius 3 is 2.68 bits per heavy atom. The Labute approximate surface area is 252 Å². The van der Waals surface area contributed by atoms with Gasteiger partial charge in [0.25, 0.3) is 0 Å². The molecule has 44 heavy (non-hydrogen) atoms. The van der Waals surface area contributed by atoms with Crippen LogP contribution >= 0.6 is 0 Å². The van der Waals surface area contributed by atoms with Gasteiger partial charge in [-0.3, -0.25) is 9.20 Å². The molecule has 10 nitrogen and oxygen atoms in total. The summed E-state index contributed by atoms with van der Waals surface area (Å²) >= 11 is 0. The predicted octanol–water partition coefficient (Wildman–Crippen LogP) is 4.33. The van der Waals surface area contributed by atoms with Crippen LogP contribution in [0.3, 0.4) is 0 Å². The molecule has 1 amide bonds. The van der Waals surface area contributed by atoms with Gasteiger partial charge in [0, 0.05) is 50.4 Å². The molecule has 0 spiro atoms. The van der Waals surface area contributed by atoms with E-state index in [1.54, 1.807) is 25.3 Å². The van der Waals surface area contributed by atoms with E-state index in [9.17, 15) is 26.4 Å². The number of piperidine rings is 1. The second kappa shape index (κ2) is 11.1. The minimum Gasteiger partial charge on any atom is -0.370 e. The molecule has 1 aromatic carbocycles. The molecule has 2 aliphatic heterocycles. The number of halogens is 3. The number of pyridine rings is 2. The van der Waals surface area contributed by atoms with Crippen molar-refractivity contribution in [1.29, 1.82) is 0 Å². The largest absolute Gasteiger partial charge is 0.452 e. The number of carbonyl (C=O) groups is 1. The first-order valence-electron chi connectivity index (χ1n) is 14.4. The van der Waals surface area contributed by atoms with Crippen LogP contribution in [0, 0.1) is 13.8 Å². The summed E-state index contributed by atoms with van der Waals surface area (Å²) in [6.45, 7) is 4.66. The van der Waals surface area contributed by atoms with Gasteiger partial charge in [-0.2, -0.15) is 17.5 Å². The fourth-order valence-electron chi connectivity index (χ4n) is 6.44. The SMILES string of the molecule is Cc1ccc(C(CC(N)=O)c2ccn3c(C(F)(F)F)nnc3c2C)cc1CN1C[C@@H]2CCCCN2c2ncccc2S1(=O)=O. The summed E-state index contributed by atoms with van der Waals surface area (Å²) in [5, 5.41) is 7.12. The molecular formula is C30H32F3N7O3S. The van der Waals surface area contributed by atoms with Crippen molar-refractivity contribution in [1.82, 2.24) is 23.9 Å². The van der Waals surface area contributed by atoms with E-state index >= 15 is 0 Å². The van der Waals surface area contributed by atoms with Crippen LogP contribution < -0.4 is 10.6 Å². The minimum atomic E-state index is -4.69. The third-order valence-corrected chi connectivity index (χ3v) is 10.5. The van der Waals surface area contributed by atoms with Crippen LogP contribution in [0.1, 0.15) is 65.2 Å². The van der Waals surface area contributed by atoms with E-state index in [-0.39, 0.29) is 29.6 Å². The normalized spacial score (nSPS) is 19.3. The maximum Gasteiger partial charge on any atom is 0.452 e. The van der Waals surface area contributed by atoms with Gasteiger partial charge in [-0.15, -0.1) is 10.2 Å². The predicted molar refractivity (Wildman–Crippen MR) is 156 cm³/mol. The van der Waals surface area contributed by atoms with Crippen molar-refractivity contribution >= 4 is 27.4 Å². The molecule has 1 fully saturated rings. The number of alkyl halides is 3. The van der Waals surface area contributed by atoms with E-state index in [1.165, 1.54) is 16.6 Å². The summed E-state index contributed by atoms with van der Waals surface area (Å²) < 4.78 is 70.8. The molecule has 3 aromatic heterocycles. The topological polar surface area (TPSA) is 127 Å². The molecule has 1 saturated heterocycles. The van der Waals surface area contributed by atoms with Crippen LogP contribution in [-0.2, 0) is 27.5 Å². The zero-order chi connectivity index (χ0) is 31.4. The maximum atomic E-state index is 14.0. The number of sulfonamides is 1. The van der Waals surface area contributed by atoms with Crippen molar-refractivity contribution < 1.29 is 26.4 Å². The minimum absolute atomic E-state index is 0.0140. The number of primary amides is 1. The van der Waals surface area contributed by atoms with Gasteiger partial charge < -0.3 is 10.6 Å². The molecule has 6 rings (SSSR count). The highest BCUT2D eigenvalue weighted by atomic mass is 32.2. The highest BCUT2D eigenvalue weighted by Crippen LogP contribution is 2.38. The fraction of sp³-hybridized carbons (Fsp3) is 0.400. The third kappa shape index (κ3) is 5.30. The Morgan fingerprint density at radius 2 is 1.93 bits per heavy atom. The zero-order valence-electron chi connectivity index (χ0n) is 24.3.